The first-order chi connectivity index (χ1) is 11.0. The molecule has 1 N–H and O–H groups in total. The molecule has 1 aromatic carbocycles. The largest absolute Gasteiger partial charge is 0.481 e. The second-order valence-corrected chi connectivity index (χ2v) is 8.08. The summed E-state index contributed by atoms with van der Waals surface area (Å²) in [4.78, 5) is 26.3. The lowest BCUT2D eigenvalue weighted by Gasteiger charge is -2.34. The van der Waals surface area contributed by atoms with Gasteiger partial charge in [-0.15, -0.1) is 11.8 Å². The van der Waals surface area contributed by atoms with Gasteiger partial charge in [0.1, 0.15) is 0 Å². The Morgan fingerprint density at radius 2 is 2.13 bits per heavy atom. The smallest absolute Gasteiger partial charge is 0.305 e. The number of carboxylic acid groups (broad SMARTS) is 1. The van der Waals surface area contributed by atoms with Gasteiger partial charge in [0, 0.05) is 35.1 Å². The van der Waals surface area contributed by atoms with Crippen LogP contribution in [0.1, 0.15) is 24.0 Å². The van der Waals surface area contributed by atoms with Crippen molar-refractivity contribution in [3.63, 3.8) is 0 Å². The van der Waals surface area contributed by atoms with Crippen LogP contribution in [0.4, 0.5) is 0 Å². The van der Waals surface area contributed by atoms with Crippen LogP contribution < -0.4 is 0 Å². The Kier molecular flexibility index (Phi) is 6.84. The fraction of sp³-hybridized carbons (Fsp3) is 0.529. The molecule has 6 heteroatoms. The van der Waals surface area contributed by atoms with Crippen molar-refractivity contribution in [2.45, 2.75) is 37.6 Å². The van der Waals surface area contributed by atoms with Gasteiger partial charge in [0.2, 0.25) is 5.91 Å². The predicted molar refractivity (Wildman–Crippen MR) is 96.3 cm³/mol. The first kappa shape index (κ1) is 18.2. The van der Waals surface area contributed by atoms with E-state index in [-0.39, 0.29) is 18.4 Å². The molecule has 1 fully saturated rings. The summed E-state index contributed by atoms with van der Waals surface area (Å²) in [5.41, 5.74) is 2.53. The number of nitrogens with zero attached hydrogens (tertiary/aromatic N) is 1. The SMILES string of the molecule is Cc1ccc(SCCC(=O)N2CCSCC2CC(=O)O)cc1C. The third kappa shape index (κ3) is 5.46. The van der Waals surface area contributed by atoms with Crippen molar-refractivity contribution in [3.05, 3.63) is 29.3 Å². The van der Waals surface area contributed by atoms with Crippen molar-refractivity contribution in [2.24, 2.45) is 0 Å². The van der Waals surface area contributed by atoms with E-state index < -0.39 is 5.97 Å². The number of carbonyl (C=O) groups excluding carboxylic acids is 1. The number of carbonyl (C=O) groups is 2. The minimum Gasteiger partial charge on any atom is -0.481 e. The quantitative estimate of drug-likeness (QED) is 0.796. The summed E-state index contributed by atoms with van der Waals surface area (Å²) in [7, 11) is 0. The molecular formula is C17H23NO3S2. The highest BCUT2D eigenvalue weighted by Crippen LogP contribution is 2.24. The molecule has 0 radical (unpaired) electrons. The van der Waals surface area contributed by atoms with Crippen LogP contribution in [0.5, 0.6) is 0 Å². The molecular weight excluding hydrogens is 330 g/mol. The number of hydrogen-bond acceptors (Lipinski definition) is 4. The summed E-state index contributed by atoms with van der Waals surface area (Å²) in [5, 5.41) is 8.99. The van der Waals surface area contributed by atoms with Gasteiger partial charge < -0.3 is 10.0 Å². The maximum absolute atomic E-state index is 12.4. The summed E-state index contributed by atoms with van der Waals surface area (Å²) in [5.74, 6) is 1.59. The van der Waals surface area contributed by atoms with E-state index in [0.717, 1.165) is 17.3 Å². The number of hydrogen-bond donors (Lipinski definition) is 1. The van der Waals surface area contributed by atoms with Crippen LogP contribution in [-0.4, -0.2) is 51.7 Å². The van der Waals surface area contributed by atoms with E-state index in [1.54, 1.807) is 28.4 Å². The van der Waals surface area contributed by atoms with Gasteiger partial charge in [-0.25, -0.2) is 0 Å². The van der Waals surface area contributed by atoms with Gasteiger partial charge in [-0.2, -0.15) is 11.8 Å². The first-order valence-corrected chi connectivity index (χ1v) is 9.90. The van der Waals surface area contributed by atoms with Crippen LogP contribution in [0.3, 0.4) is 0 Å². The van der Waals surface area contributed by atoms with Crippen molar-refractivity contribution in [1.82, 2.24) is 4.90 Å². The van der Waals surface area contributed by atoms with Gasteiger partial charge in [0.05, 0.1) is 12.5 Å². The van der Waals surface area contributed by atoms with Gasteiger partial charge in [0.25, 0.3) is 0 Å². The van der Waals surface area contributed by atoms with Crippen molar-refractivity contribution in [2.75, 3.05) is 23.8 Å². The van der Waals surface area contributed by atoms with Crippen molar-refractivity contribution in [1.29, 1.82) is 0 Å². The average molecular weight is 354 g/mol. The first-order valence-electron chi connectivity index (χ1n) is 7.76. The summed E-state index contributed by atoms with van der Waals surface area (Å²) in [6, 6.07) is 6.17. The molecule has 0 bridgehead atoms. The minimum atomic E-state index is -0.834. The van der Waals surface area contributed by atoms with Gasteiger partial charge in [-0.3, -0.25) is 9.59 Å². The molecule has 1 saturated heterocycles. The maximum Gasteiger partial charge on any atom is 0.305 e. The lowest BCUT2D eigenvalue weighted by Crippen LogP contribution is -2.47. The highest BCUT2D eigenvalue weighted by Gasteiger charge is 2.28. The Morgan fingerprint density at radius 3 is 2.83 bits per heavy atom. The second-order valence-electron chi connectivity index (χ2n) is 5.76. The van der Waals surface area contributed by atoms with Crippen LogP contribution >= 0.6 is 23.5 Å². The van der Waals surface area contributed by atoms with E-state index in [4.69, 9.17) is 5.11 Å². The third-order valence-electron chi connectivity index (χ3n) is 4.02. The molecule has 1 aliphatic heterocycles. The van der Waals surface area contributed by atoms with Crippen LogP contribution in [-0.2, 0) is 9.59 Å². The third-order valence-corrected chi connectivity index (χ3v) is 6.11. The summed E-state index contributed by atoms with van der Waals surface area (Å²) in [6.45, 7) is 4.84. The number of benzene rings is 1. The average Bonchev–Trinajstić information content (AvgIpc) is 2.50. The lowest BCUT2D eigenvalue weighted by molar-refractivity contribution is -0.140. The molecule has 1 aliphatic rings. The van der Waals surface area contributed by atoms with E-state index >= 15 is 0 Å². The monoisotopic (exact) mass is 353 g/mol. The Bertz CT molecular complexity index is 577. The molecule has 1 atom stereocenters. The van der Waals surface area contributed by atoms with Crippen LogP contribution in [0, 0.1) is 13.8 Å². The lowest BCUT2D eigenvalue weighted by atomic mass is 10.1. The van der Waals surface area contributed by atoms with Gasteiger partial charge in [0.15, 0.2) is 0 Å². The number of aryl methyl sites for hydroxylation is 2. The summed E-state index contributed by atoms with van der Waals surface area (Å²) < 4.78 is 0. The van der Waals surface area contributed by atoms with Crippen molar-refractivity contribution >= 4 is 35.4 Å². The zero-order valence-electron chi connectivity index (χ0n) is 13.6. The number of thioether (sulfide) groups is 2. The molecule has 1 unspecified atom stereocenters. The maximum atomic E-state index is 12.4. The fourth-order valence-corrected chi connectivity index (χ4v) is 4.56. The van der Waals surface area contributed by atoms with Gasteiger partial charge in [-0.1, -0.05) is 6.07 Å². The van der Waals surface area contributed by atoms with Crippen LogP contribution in [0.2, 0.25) is 0 Å². The van der Waals surface area contributed by atoms with E-state index in [2.05, 4.69) is 32.0 Å². The molecule has 4 nitrogen and oxygen atoms in total. The molecule has 23 heavy (non-hydrogen) atoms. The van der Waals surface area contributed by atoms with E-state index in [0.29, 0.717) is 13.0 Å². The molecule has 1 aromatic rings. The summed E-state index contributed by atoms with van der Waals surface area (Å²) >= 11 is 3.41. The molecule has 0 saturated carbocycles. The predicted octanol–water partition coefficient (Wildman–Crippen LogP) is 3.20. The standard InChI is InChI=1S/C17H23NO3S2/c1-12-3-4-15(9-13(12)2)23-7-5-16(19)18-6-8-22-11-14(18)10-17(20)21/h3-4,9,14H,5-8,10-11H2,1-2H3,(H,20,21). The highest BCUT2D eigenvalue weighted by molar-refractivity contribution is 7.99. The summed E-state index contributed by atoms with van der Waals surface area (Å²) in [6.07, 6.45) is 0.501. The molecule has 1 heterocycles. The van der Waals surface area contributed by atoms with Crippen molar-refractivity contribution < 1.29 is 14.7 Å². The van der Waals surface area contributed by atoms with E-state index in [1.165, 1.54) is 16.0 Å². The molecule has 2 rings (SSSR count). The van der Waals surface area contributed by atoms with Crippen molar-refractivity contribution in [3.8, 4) is 0 Å². The number of carboxylic acids is 1. The molecule has 1 amide bonds. The topological polar surface area (TPSA) is 57.6 Å². The van der Waals surface area contributed by atoms with Gasteiger partial charge >= 0.3 is 5.97 Å². The Hall–Kier alpha value is -1.14. The number of amides is 1. The fourth-order valence-electron chi connectivity index (χ4n) is 2.56. The second kappa shape index (κ2) is 8.64. The molecule has 0 aromatic heterocycles. The van der Waals surface area contributed by atoms with E-state index in [9.17, 15) is 9.59 Å². The Labute approximate surface area is 146 Å². The molecule has 126 valence electrons. The molecule has 0 aliphatic carbocycles. The Balaban J connectivity index is 1.85. The highest BCUT2D eigenvalue weighted by atomic mass is 32.2. The molecule has 0 spiro atoms. The zero-order chi connectivity index (χ0) is 16.8. The van der Waals surface area contributed by atoms with Gasteiger partial charge in [-0.05, 0) is 37.1 Å². The van der Waals surface area contributed by atoms with E-state index in [1.807, 2.05) is 0 Å². The van der Waals surface area contributed by atoms with Crippen LogP contribution in [0.15, 0.2) is 23.1 Å². The minimum absolute atomic E-state index is 0.0447. The van der Waals surface area contributed by atoms with Crippen LogP contribution in [0.25, 0.3) is 0 Å². The number of aliphatic carboxylic acids is 1. The Morgan fingerprint density at radius 1 is 1.35 bits per heavy atom. The zero-order valence-corrected chi connectivity index (χ0v) is 15.2. The number of rotatable bonds is 6. The normalized spacial score (nSPS) is 18.0.